The van der Waals surface area contributed by atoms with E-state index in [0.717, 1.165) is 14.3 Å². The van der Waals surface area contributed by atoms with Crippen LogP contribution < -0.4 is 11.1 Å². The first kappa shape index (κ1) is 19.1. The van der Waals surface area contributed by atoms with Gasteiger partial charge in [0.25, 0.3) is 11.8 Å². The number of carbonyl (C=O) groups excluding carboxylic acids is 4. The maximum Gasteiger partial charge on any atom is 0.324 e. The lowest BCUT2D eigenvalue weighted by molar-refractivity contribution is -0.125. The maximum absolute atomic E-state index is 12.3. The summed E-state index contributed by atoms with van der Waals surface area (Å²) in [4.78, 5) is 50.0. The number of nitrogens with one attached hydrogen (secondary N) is 1. The number of hydrogen-bond acceptors (Lipinski definition) is 5. The van der Waals surface area contributed by atoms with Crippen LogP contribution >= 0.6 is 15.9 Å². The molecule has 0 unspecified atom stereocenters. The molecule has 1 aromatic carbocycles. The third-order valence-corrected chi connectivity index (χ3v) is 4.24. The molecule has 8 nitrogen and oxygen atoms in total. The number of rotatable bonds is 6. The Hall–Kier alpha value is -2.26. The van der Waals surface area contributed by atoms with Crippen molar-refractivity contribution < 1.29 is 19.2 Å². The van der Waals surface area contributed by atoms with Crippen LogP contribution in [0.5, 0.6) is 0 Å². The molecule has 0 radical (unpaired) electrons. The van der Waals surface area contributed by atoms with Crippen LogP contribution in [0.4, 0.5) is 4.79 Å². The molecular formula is C16H19BrN4O4. The summed E-state index contributed by atoms with van der Waals surface area (Å²) in [6.07, 6.45) is 0.382. The lowest BCUT2D eigenvalue weighted by atomic mass is 10.1. The molecule has 0 aliphatic carbocycles. The second-order valence-corrected chi connectivity index (χ2v) is 6.41. The molecule has 0 bridgehead atoms. The van der Waals surface area contributed by atoms with Crippen molar-refractivity contribution >= 4 is 39.7 Å². The summed E-state index contributed by atoms with van der Waals surface area (Å²) in [5, 5.41) is 2.59. The van der Waals surface area contributed by atoms with Crippen molar-refractivity contribution in [2.45, 2.75) is 13.3 Å². The van der Waals surface area contributed by atoms with Crippen LogP contribution in [0.2, 0.25) is 0 Å². The molecule has 0 atom stereocenters. The fourth-order valence-electron chi connectivity index (χ4n) is 2.53. The quantitative estimate of drug-likeness (QED) is 0.535. The van der Waals surface area contributed by atoms with Gasteiger partial charge in [-0.25, -0.2) is 4.79 Å². The molecule has 1 aromatic rings. The fraction of sp³-hybridized carbons (Fsp3) is 0.375. The average Bonchev–Trinajstić information content (AvgIpc) is 2.80. The molecule has 1 aliphatic rings. The van der Waals surface area contributed by atoms with Gasteiger partial charge < -0.3 is 11.1 Å². The second kappa shape index (κ2) is 8.21. The van der Waals surface area contributed by atoms with Gasteiger partial charge in [-0.3, -0.25) is 24.2 Å². The van der Waals surface area contributed by atoms with Gasteiger partial charge in [0, 0.05) is 37.6 Å². The van der Waals surface area contributed by atoms with Crippen molar-refractivity contribution in [2.24, 2.45) is 5.73 Å². The number of nitrogens with zero attached hydrogens (tertiary/aromatic N) is 2. The first-order valence-electron chi connectivity index (χ1n) is 7.78. The summed E-state index contributed by atoms with van der Waals surface area (Å²) < 4.78 is 0.728. The topological polar surface area (TPSA) is 113 Å². The predicted molar refractivity (Wildman–Crippen MR) is 94.0 cm³/mol. The van der Waals surface area contributed by atoms with E-state index in [1.54, 1.807) is 18.2 Å². The SMILES string of the molecule is CC(=O)N(CCN)C(=O)NCCCN1C(=O)c2ccc(Br)cc2C1=O. The summed E-state index contributed by atoms with van der Waals surface area (Å²) in [6, 6.07) is 4.40. The minimum atomic E-state index is -0.538. The molecule has 0 spiro atoms. The fourth-order valence-corrected chi connectivity index (χ4v) is 2.89. The molecule has 0 aromatic heterocycles. The van der Waals surface area contributed by atoms with Gasteiger partial charge in [0.05, 0.1) is 11.1 Å². The van der Waals surface area contributed by atoms with Crippen molar-refractivity contribution in [3.63, 3.8) is 0 Å². The Morgan fingerprint density at radius 3 is 2.56 bits per heavy atom. The van der Waals surface area contributed by atoms with Gasteiger partial charge in [-0.2, -0.15) is 0 Å². The average molecular weight is 411 g/mol. The minimum Gasteiger partial charge on any atom is -0.338 e. The molecule has 9 heteroatoms. The largest absolute Gasteiger partial charge is 0.338 e. The van der Waals surface area contributed by atoms with Crippen molar-refractivity contribution in [1.82, 2.24) is 15.1 Å². The molecule has 25 heavy (non-hydrogen) atoms. The highest BCUT2D eigenvalue weighted by atomic mass is 79.9. The van der Waals surface area contributed by atoms with Crippen molar-refractivity contribution in [3.8, 4) is 0 Å². The first-order valence-corrected chi connectivity index (χ1v) is 8.58. The second-order valence-electron chi connectivity index (χ2n) is 5.50. The highest BCUT2D eigenvalue weighted by Gasteiger charge is 2.35. The zero-order chi connectivity index (χ0) is 18.6. The summed E-state index contributed by atoms with van der Waals surface area (Å²) in [5.74, 6) is -1.08. The van der Waals surface area contributed by atoms with Gasteiger partial charge in [0.2, 0.25) is 5.91 Å². The van der Waals surface area contributed by atoms with E-state index in [-0.39, 0.29) is 38.0 Å². The van der Waals surface area contributed by atoms with E-state index in [9.17, 15) is 19.2 Å². The van der Waals surface area contributed by atoms with Gasteiger partial charge in [0.15, 0.2) is 0 Å². The number of carbonyl (C=O) groups is 4. The molecule has 3 N–H and O–H groups in total. The third-order valence-electron chi connectivity index (χ3n) is 3.75. The smallest absolute Gasteiger partial charge is 0.324 e. The summed E-state index contributed by atoms with van der Waals surface area (Å²) in [6.45, 7) is 2.00. The molecular weight excluding hydrogens is 392 g/mol. The number of imide groups is 2. The van der Waals surface area contributed by atoms with Gasteiger partial charge in [0.1, 0.15) is 0 Å². The zero-order valence-electron chi connectivity index (χ0n) is 13.8. The monoisotopic (exact) mass is 410 g/mol. The number of fused-ring (bicyclic) bond motifs is 1. The van der Waals surface area contributed by atoms with E-state index in [0.29, 0.717) is 17.5 Å². The first-order chi connectivity index (χ1) is 11.9. The van der Waals surface area contributed by atoms with E-state index in [4.69, 9.17) is 5.73 Å². The highest BCUT2D eigenvalue weighted by molar-refractivity contribution is 9.10. The molecule has 2 rings (SSSR count). The van der Waals surface area contributed by atoms with Crippen LogP contribution in [0.1, 0.15) is 34.1 Å². The van der Waals surface area contributed by atoms with Gasteiger partial charge in [-0.05, 0) is 24.6 Å². The molecule has 0 saturated carbocycles. The van der Waals surface area contributed by atoms with E-state index < -0.39 is 11.9 Å². The number of hydrogen-bond donors (Lipinski definition) is 2. The minimum absolute atomic E-state index is 0.133. The maximum atomic E-state index is 12.3. The molecule has 1 heterocycles. The standard InChI is InChI=1S/C16H19BrN4O4/c1-10(22)20(8-5-18)16(25)19-6-2-7-21-14(23)12-4-3-11(17)9-13(12)15(21)24/h3-4,9H,2,5-8,18H2,1H3,(H,19,25). The molecule has 1 aliphatic heterocycles. The lowest BCUT2D eigenvalue weighted by Gasteiger charge is -2.19. The van der Waals surface area contributed by atoms with E-state index in [2.05, 4.69) is 21.2 Å². The molecule has 134 valence electrons. The number of halogens is 1. The van der Waals surface area contributed by atoms with Crippen LogP contribution in [0, 0.1) is 0 Å². The number of urea groups is 1. The van der Waals surface area contributed by atoms with Crippen LogP contribution in [-0.4, -0.2) is 59.7 Å². The Bertz CT molecular complexity index is 722. The predicted octanol–water partition coefficient (Wildman–Crippen LogP) is 0.952. The normalized spacial score (nSPS) is 13.0. The number of amides is 5. The van der Waals surface area contributed by atoms with Gasteiger partial charge >= 0.3 is 6.03 Å². The molecule has 5 amide bonds. The Labute approximate surface area is 153 Å². The van der Waals surface area contributed by atoms with Crippen LogP contribution in [-0.2, 0) is 4.79 Å². The zero-order valence-corrected chi connectivity index (χ0v) is 15.3. The molecule has 0 fully saturated rings. The van der Waals surface area contributed by atoms with Crippen molar-refractivity contribution in [2.75, 3.05) is 26.2 Å². The van der Waals surface area contributed by atoms with Crippen LogP contribution in [0.3, 0.4) is 0 Å². The highest BCUT2D eigenvalue weighted by Crippen LogP contribution is 2.25. The molecule has 0 saturated heterocycles. The summed E-state index contributed by atoms with van der Waals surface area (Å²) >= 11 is 3.28. The lowest BCUT2D eigenvalue weighted by Crippen LogP contribution is -2.45. The number of nitrogens with two attached hydrogens (primary N) is 1. The Morgan fingerprint density at radius 1 is 1.24 bits per heavy atom. The van der Waals surface area contributed by atoms with Crippen LogP contribution in [0.25, 0.3) is 0 Å². The summed E-state index contributed by atoms with van der Waals surface area (Å²) in [7, 11) is 0. The summed E-state index contributed by atoms with van der Waals surface area (Å²) in [5.41, 5.74) is 6.11. The van der Waals surface area contributed by atoms with Crippen LogP contribution in [0.15, 0.2) is 22.7 Å². The van der Waals surface area contributed by atoms with E-state index in [1.165, 1.54) is 6.92 Å². The van der Waals surface area contributed by atoms with Crippen molar-refractivity contribution in [3.05, 3.63) is 33.8 Å². The third kappa shape index (κ3) is 4.23. The Morgan fingerprint density at radius 2 is 1.92 bits per heavy atom. The Kier molecular flexibility index (Phi) is 6.27. The van der Waals surface area contributed by atoms with E-state index in [1.807, 2.05) is 0 Å². The van der Waals surface area contributed by atoms with Gasteiger partial charge in [-0.15, -0.1) is 0 Å². The van der Waals surface area contributed by atoms with E-state index >= 15 is 0 Å². The number of benzene rings is 1. The van der Waals surface area contributed by atoms with Gasteiger partial charge in [-0.1, -0.05) is 15.9 Å². The Balaban J connectivity index is 1.87. The van der Waals surface area contributed by atoms with Crippen molar-refractivity contribution in [1.29, 1.82) is 0 Å².